The second kappa shape index (κ2) is 11.0. The number of nitrogens with zero attached hydrogens (tertiary/aromatic N) is 1. The van der Waals surface area contributed by atoms with Crippen LogP contribution in [0, 0.1) is 6.92 Å². The van der Waals surface area contributed by atoms with Gasteiger partial charge < -0.3 is 20.5 Å². The van der Waals surface area contributed by atoms with Gasteiger partial charge in [0, 0.05) is 44.2 Å². The summed E-state index contributed by atoms with van der Waals surface area (Å²) in [5.74, 6) is 0.573. The van der Waals surface area contributed by atoms with Gasteiger partial charge in [-0.25, -0.2) is 4.98 Å². The SMILES string of the molecule is COCCCOc1cc(C)ccc1CNC(=O)c1csc(CN)n1.Cl. The highest BCUT2D eigenvalue weighted by Crippen LogP contribution is 2.21. The molecule has 0 fully saturated rings. The van der Waals surface area contributed by atoms with Crippen LogP contribution in [0.1, 0.15) is 33.0 Å². The molecule has 1 aromatic heterocycles. The number of carbonyl (C=O) groups is 1. The number of ether oxygens (including phenoxy) is 2. The van der Waals surface area contributed by atoms with Crippen LogP contribution in [0.2, 0.25) is 0 Å². The van der Waals surface area contributed by atoms with Crippen LogP contribution in [-0.2, 0) is 17.8 Å². The molecule has 0 atom stereocenters. The lowest BCUT2D eigenvalue weighted by atomic mass is 10.1. The summed E-state index contributed by atoms with van der Waals surface area (Å²) in [5.41, 5.74) is 7.96. The molecule has 2 aromatic rings. The first kappa shape index (κ1) is 21.4. The van der Waals surface area contributed by atoms with E-state index in [9.17, 15) is 4.79 Å². The van der Waals surface area contributed by atoms with Gasteiger partial charge in [0.15, 0.2) is 0 Å². The first-order valence-electron chi connectivity index (χ1n) is 7.78. The summed E-state index contributed by atoms with van der Waals surface area (Å²) in [6.45, 7) is 3.97. The molecular weight excluding hydrogens is 362 g/mol. The second-order valence-electron chi connectivity index (χ2n) is 5.32. The number of amides is 1. The quantitative estimate of drug-likeness (QED) is 0.648. The number of aryl methyl sites for hydroxylation is 1. The molecule has 1 heterocycles. The van der Waals surface area contributed by atoms with E-state index in [2.05, 4.69) is 10.3 Å². The van der Waals surface area contributed by atoms with Crippen LogP contribution in [0.3, 0.4) is 0 Å². The normalized spacial score (nSPS) is 10.2. The predicted octanol–water partition coefficient (Wildman–Crippen LogP) is 2.68. The molecule has 0 unspecified atom stereocenters. The fourth-order valence-electron chi connectivity index (χ4n) is 2.10. The zero-order valence-electron chi connectivity index (χ0n) is 14.4. The van der Waals surface area contributed by atoms with E-state index in [1.165, 1.54) is 11.3 Å². The maximum atomic E-state index is 12.2. The van der Waals surface area contributed by atoms with E-state index in [1.807, 2.05) is 25.1 Å². The van der Waals surface area contributed by atoms with Gasteiger partial charge in [-0.3, -0.25) is 4.79 Å². The summed E-state index contributed by atoms with van der Waals surface area (Å²) >= 11 is 1.39. The molecule has 3 N–H and O–H groups in total. The van der Waals surface area contributed by atoms with Crippen molar-refractivity contribution in [3.05, 3.63) is 45.4 Å². The van der Waals surface area contributed by atoms with Gasteiger partial charge in [-0.1, -0.05) is 12.1 Å². The van der Waals surface area contributed by atoms with Crippen LogP contribution in [0.4, 0.5) is 0 Å². The molecule has 0 spiro atoms. The van der Waals surface area contributed by atoms with Gasteiger partial charge in [0.1, 0.15) is 16.5 Å². The Hall–Kier alpha value is -1.67. The molecule has 0 saturated heterocycles. The van der Waals surface area contributed by atoms with Crippen molar-refractivity contribution in [2.24, 2.45) is 5.73 Å². The zero-order valence-corrected chi connectivity index (χ0v) is 16.0. The van der Waals surface area contributed by atoms with Gasteiger partial charge in [-0.2, -0.15) is 0 Å². The Bertz CT molecular complexity index is 679. The fourth-order valence-corrected chi connectivity index (χ4v) is 2.76. The Balaban J connectivity index is 0.00000312. The van der Waals surface area contributed by atoms with Crippen molar-refractivity contribution < 1.29 is 14.3 Å². The first-order chi connectivity index (χ1) is 11.6. The van der Waals surface area contributed by atoms with Gasteiger partial charge >= 0.3 is 0 Å². The number of benzene rings is 1. The third kappa shape index (κ3) is 6.62. The molecule has 0 aliphatic rings. The number of hydrogen-bond acceptors (Lipinski definition) is 6. The minimum Gasteiger partial charge on any atom is -0.493 e. The molecule has 0 bridgehead atoms. The number of aromatic nitrogens is 1. The summed E-state index contributed by atoms with van der Waals surface area (Å²) in [4.78, 5) is 16.3. The highest BCUT2D eigenvalue weighted by atomic mass is 35.5. The van der Waals surface area contributed by atoms with E-state index in [0.717, 1.165) is 28.3 Å². The number of thiazole rings is 1. The largest absolute Gasteiger partial charge is 0.493 e. The molecule has 1 aromatic carbocycles. The zero-order chi connectivity index (χ0) is 17.4. The molecule has 2 rings (SSSR count). The third-order valence-electron chi connectivity index (χ3n) is 3.37. The Labute approximate surface area is 158 Å². The molecule has 138 valence electrons. The summed E-state index contributed by atoms with van der Waals surface area (Å²) < 4.78 is 10.8. The second-order valence-corrected chi connectivity index (χ2v) is 6.26. The Morgan fingerprint density at radius 3 is 2.84 bits per heavy atom. The highest BCUT2D eigenvalue weighted by molar-refractivity contribution is 7.09. The molecule has 0 aliphatic heterocycles. The van der Waals surface area contributed by atoms with E-state index < -0.39 is 0 Å². The molecule has 0 saturated carbocycles. The number of methoxy groups -OCH3 is 1. The summed E-state index contributed by atoms with van der Waals surface area (Å²) in [6.07, 6.45) is 0.816. The van der Waals surface area contributed by atoms with Crippen LogP contribution in [-0.4, -0.2) is 31.2 Å². The molecule has 0 radical (unpaired) electrons. The van der Waals surface area contributed by atoms with Gasteiger partial charge in [-0.05, 0) is 18.6 Å². The van der Waals surface area contributed by atoms with Crippen LogP contribution in [0.5, 0.6) is 5.75 Å². The number of nitrogens with two attached hydrogens (primary N) is 1. The summed E-state index contributed by atoms with van der Waals surface area (Å²) in [6, 6.07) is 5.94. The standard InChI is InChI=1S/C17H23N3O3S.ClH/c1-12-4-5-13(15(8-12)23-7-3-6-22-2)10-19-17(21)14-11-24-16(9-18)20-14;/h4-5,8,11H,3,6-7,9-10,18H2,1-2H3,(H,19,21);1H. The van der Waals surface area contributed by atoms with Crippen molar-refractivity contribution in [2.45, 2.75) is 26.4 Å². The predicted molar refractivity (Wildman–Crippen MR) is 102 cm³/mol. The third-order valence-corrected chi connectivity index (χ3v) is 4.24. The van der Waals surface area contributed by atoms with Crippen molar-refractivity contribution in [2.75, 3.05) is 20.3 Å². The average molecular weight is 386 g/mol. The van der Waals surface area contributed by atoms with Crippen LogP contribution < -0.4 is 15.8 Å². The lowest BCUT2D eigenvalue weighted by molar-refractivity contribution is 0.0946. The van der Waals surface area contributed by atoms with Crippen molar-refractivity contribution in [3.8, 4) is 5.75 Å². The van der Waals surface area contributed by atoms with Crippen LogP contribution >= 0.6 is 23.7 Å². The van der Waals surface area contributed by atoms with Crippen molar-refractivity contribution in [1.82, 2.24) is 10.3 Å². The van der Waals surface area contributed by atoms with Crippen molar-refractivity contribution >= 4 is 29.7 Å². The van der Waals surface area contributed by atoms with E-state index in [1.54, 1.807) is 12.5 Å². The maximum absolute atomic E-state index is 12.2. The molecule has 6 nitrogen and oxygen atoms in total. The van der Waals surface area contributed by atoms with E-state index >= 15 is 0 Å². The number of nitrogens with one attached hydrogen (secondary N) is 1. The summed E-state index contributed by atoms with van der Waals surface area (Å²) in [5, 5.41) is 5.34. The molecule has 25 heavy (non-hydrogen) atoms. The lowest BCUT2D eigenvalue weighted by Gasteiger charge is -2.13. The van der Waals surface area contributed by atoms with E-state index in [4.69, 9.17) is 15.2 Å². The van der Waals surface area contributed by atoms with Gasteiger partial charge in [0.05, 0.1) is 6.61 Å². The molecule has 1 amide bonds. The molecular formula is C17H24ClN3O3S. The monoisotopic (exact) mass is 385 g/mol. The smallest absolute Gasteiger partial charge is 0.271 e. The first-order valence-corrected chi connectivity index (χ1v) is 8.66. The molecule has 8 heteroatoms. The Morgan fingerprint density at radius 1 is 1.36 bits per heavy atom. The van der Waals surface area contributed by atoms with E-state index in [0.29, 0.717) is 32.0 Å². The molecule has 0 aliphatic carbocycles. The Morgan fingerprint density at radius 2 is 2.16 bits per heavy atom. The van der Waals surface area contributed by atoms with E-state index in [-0.39, 0.29) is 18.3 Å². The van der Waals surface area contributed by atoms with Crippen LogP contribution in [0.15, 0.2) is 23.6 Å². The lowest BCUT2D eigenvalue weighted by Crippen LogP contribution is -2.23. The minimum atomic E-state index is -0.211. The Kier molecular flexibility index (Phi) is 9.44. The van der Waals surface area contributed by atoms with Crippen molar-refractivity contribution in [3.63, 3.8) is 0 Å². The number of carbonyl (C=O) groups excluding carboxylic acids is 1. The number of hydrogen-bond donors (Lipinski definition) is 2. The number of halogens is 1. The highest BCUT2D eigenvalue weighted by Gasteiger charge is 2.11. The maximum Gasteiger partial charge on any atom is 0.271 e. The van der Waals surface area contributed by atoms with Gasteiger partial charge in [0.25, 0.3) is 5.91 Å². The minimum absolute atomic E-state index is 0. The topological polar surface area (TPSA) is 86.5 Å². The van der Waals surface area contributed by atoms with Crippen molar-refractivity contribution in [1.29, 1.82) is 0 Å². The fraction of sp³-hybridized carbons (Fsp3) is 0.412. The number of rotatable bonds is 9. The van der Waals surface area contributed by atoms with Gasteiger partial charge in [0.2, 0.25) is 0 Å². The average Bonchev–Trinajstić information content (AvgIpc) is 3.07. The van der Waals surface area contributed by atoms with Crippen LogP contribution in [0.25, 0.3) is 0 Å². The van der Waals surface area contributed by atoms with Gasteiger partial charge in [-0.15, -0.1) is 23.7 Å². The summed E-state index contributed by atoms with van der Waals surface area (Å²) in [7, 11) is 1.67.